The van der Waals surface area contributed by atoms with E-state index in [1.54, 1.807) is 0 Å². The Hall–Kier alpha value is -0.170. The van der Waals surface area contributed by atoms with Crippen LogP contribution in [0, 0.1) is 11.6 Å². The first-order chi connectivity index (χ1) is 3.83. The van der Waals surface area contributed by atoms with Crippen molar-refractivity contribution >= 4 is 16.1 Å². The summed E-state index contributed by atoms with van der Waals surface area (Å²) in [6.07, 6.45) is 0. The third kappa shape index (κ3) is 1.16. The molecule has 1 rings (SSSR count). The summed E-state index contributed by atoms with van der Waals surface area (Å²) in [6.45, 7) is 2.40. The van der Waals surface area contributed by atoms with Crippen LogP contribution >= 0.6 is 10.8 Å². The first kappa shape index (κ1) is 5.96. The van der Waals surface area contributed by atoms with Gasteiger partial charge in [-0.25, -0.2) is 10.8 Å². The van der Waals surface area contributed by atoms with Gasteiger partial charge in [-0.3, -0.25) is 0 Å². The molecule has 0 radical (unpaired) electrons. The molecule has 1 heterocycles. The molecule has 0 aromatic carbocycles. The minimum absolute atomic E-state index is 0.770. The molecule has 1 nitrogen and oxygen atoms in total. The van der Waals surface area contributed by atoms with Crippen LogP contribution in [0.4, 0.5) is 0 Å². The van der Waals surface area contributed by atoms with Gasteiger partial charge in [-0.05, 0) is 12.4 Å². The van der Waals surface area contributed by atoms with E-state index >= 15 is 0 Å². The topological polar surface area (TPSA) is 3.24 Å². The van der Waals surface area contributed by atoms with Crippen molar-refractivity contribution < 1.29 is 0 Å². The molecule has 0 saturated carbocycles. The van der Waals surface area contributed by atoms with Gasteiger partial charge in [0.1, 0.15) is 0 Å². The van der Waals surface area contributed by atoms with Crippen molar-refractivity contribution in [3.05, 3.63) is 0 Å². The monoisotopic (exact) mass is 129 g/mol. The van der Waals surface area contributed by atoms with E-state index in [1.807, 2.05) is 0 Å². The third-order valence-corrected chi connectivity index (χ3v) is 1.98. The summed E-state index contributed by atoms with van der Waals surface area (Å²) < 4.78 is 0. The van der Waals surface area contributed by atoms with Crippen LogP contribution in [-0.2, 0) is 0 Å². The number of rotatable bonds is 1. The largest absolute Gasteiger partial charge is 0.305 e. The van der Waals surface area contributed by atoms with Crippen LogP contribution in [0.1, 0.15) is 0 Å². The lowest BCUT2D eigenvalue weighted by atomic mass is 10.0. The molecule has 0 amide bonds. The fourth-order valence-electron chi connectivity index (χ4n) is 0.963. The molecular formula is C6H11NS. The first-order valence-electron chi connectivity index (χ1n) is 2.75. The summed E-state index contributed by atoms with van der Waals surface area (Å²) in [6, 6.07) is 0. The van der Waals surface area contributed by atoms with Crippen molar-refractivity contribution in [2.75, 3.05) is 20.1 Å². The van der Waals surface area contributed by atoms with Gasteiger partial charge in [-0.1, -0.05) is 0 Å². The maximum Gasteiger partial charge on any atom is 0.0111 e. The van der Waals surface area contributed by atoms with Crippen LogP contribution in [0.2, 0.25) is 0 Å². The van der Waals surface area contributed by atoms with E-state index in [-0.39, 0.29) is 0 Å². The maximum absolute atomic E-state index is 5.28. The Morgan fingerprint density at radius 1 is 1.75 bits per heavy atom. The quantitative estimate of drug-likeness (QED) is 0.396. The molecule has 0 N–H and O–H groups in total. The second-order valence-electron chi connectivity index (χ2n) is 2.28. The summed E-state index contributed by atoms with van der Waals surface area (Å²) in [5, 5.41) is 2.15. The van der Waals surface area contributed by atoms with Crippen molar-refractivity contribution in [2.24, 2.45) is 5.92 Å². The fourth-order valence-corrected chi connectivity index (χ4v) is 1.40. The van der Waals surface area contributed by atoms with E-state index in [4.69, 9.17) is 5.69 Å². The van der Waals surface area contributed by atoms with E-state index in [1.165, 1.54) is 13.1 Å². The lowest BCUT2D eigenvalue weighted by Crippen LogP contribution is -2.43. The molecule has 0 atom stereocenters. The van der Waals surface area contributed by atoms with Gasteiger partial charge < -0.3 is 4.90 Å². The summed E-state index contributed by atoms with van der Waals surface area (Å²) in [4.78, 5) is 2.28. The van der Waals surface area contributed by atoms with E-state index in [0.717, 1.165) is 16.7 Å². The summed E-state index contributed by atoms with van der Waals surface area (Å²) in [5.74, 6) is 0.770. The van der Waals surface area contributed by atoms with Crippen molar-refractivity contribution in [3.8, 4) is 5.69 Å². The van der Waals surface area contributed by atoms with Gasteiger partial charge >= 0.3 is 0 Å². The van der Waals surface area contributed by atoms with Crippen LogP contribution in [0.15, 0.2) is 0 Å². The molecule has 46 valence electrons. The van der Waals surface area contributed by atoms with Crippen LogP contribution in [0.3, 0.4) is 0 Å². The van der Waals surface area contributed by atoms with Crippen molar-refractivity contribution in [3.63, 3.8) is 0 Å². The van der Waals surface area contributed by atoms with Crippen molar-refractivity contribution in [1.29, 1.82) is 0 Å². The van der Waals surface area contributed by atoms with Gasteiger partial charge in [0.25, 0.3) is 0 Å². The highest BCUT2D eigenvalue weighted by atomic mass is 32.1. The Balaban J connectivity index is 2.28. The summed E-state index contributed by atoms with van der Waals surface area (Å²) >= 11 is 0. The Morgan fingerprint density at radius 2 is 2.38 bits per heavy atom. The highest BCUT2D eigenvalue weighted by Gasteiger charge is 2.19. The molecule has 0 aromatic rings. The van der Waals surface area contributed by atoms with E-state index < -0.39 is 0 Å². The zero-order valence-corrected chi connectivity index (χ0v) is 5.94. The molecule has 1 aliphatic heterocycles. The third-order valence-electron chi connectivity index (χ3n) is 1.39. The van der Waals surface area contributed by atoms with E-state index in [9.17, 15) is 0 Å². The normalized spacial score (nSPS) is 22.0. The van der Waals surface area contributed by atoms with Crippen molar-refractivity contribution in [1.82, 2.24) is 4.90 Å². The average Bonchev–Trinajstić information content (AvgIpc) is 1.64. The molecule has 0 unspecified atom stereocenters. The van der Waals surface area contributed by atoms with Gasteiger partial charge in [0.05, 0.1) is 0 Å². The minimum Gasteiger partial charge on any atom is -0.305 e. The van der Waals surface area contributed by atoms with Gasteiger partial charge in [0.15, 0.2) is 0 Å². The second kappa shape index (κ2) is 2.40. The van der Waals surface area contributed by atoms with Crippen LogP contribution in [0.5, 0.6) is 0 Å². The Kier molecular flexibility index (Phi) is 1.79. The van der Waals surface area contributed by atoms with Gasteiger partial charge in [0, 0.05) is 19.0 Å². The second-order valence-corrected chi connectivity index (χ2v) is 2.88. The average molecular weight is 129 g/mol. The van der Waals surface area contributed by atoms with E-state index in [2.05, 4.69) is 17.3 Å². The highest BCUT2D eigenvalue weighted by molar-refractivity contribution is 7.86. The summed E-state index contributed by atoms with van der Waals surface area (Å²) in [5.41, 5.74) is 5.28. The molecule has 0 spiro atoms. The maximum atomic E-state index is 5.28. The van der Waals surface area contributed by atoms with Crippen LogP contribution in [-0.4, -0.2) is 30.4 Å². The predicted molar refractivity (Wildman–Crippen MR) is 41.0 cm³/mol. The molecule has 0 aliphatic carbocycles. The predicted octanol–water partition coefficient (Wildman–Crippen LogP) is 0.405. The highest BCUT2D eigenvalue weighted by Crippen LogP contribution is 2.09. The molecule has 0 bridgehead atoms. The number of hydrogen-bond donors (Lipinski definition) is 1. The zero-order chi connectivity index (χ0) is 5.98. The van der Waals surface area contributed by atoms with Gasteiger partial charge in [-0.15, -0.1) is 5.69 Å². The molecule has 0 aromatic heterocycles. The number of nitrogens with zero attached hydrogens (tertiary/aromatic N) is 1. The Bertz CT molecular complexity index is 153. The minimum atomic E-state index is 0.770. The first-order valence-corrected chi connectivity index (χ1v) is 3.78. The van der Waals surface area contributed by atoms with Crippen molar-refractivity contribution in [2.45, 2.75) is 0 Å². The molecule has 2 heteroatoms. The number of hydrogen-bond acceptors (Lipinski definition) is 1. The molecule has 1 saturated heterocycles. The Labute approximate surface area is 53.5 Å². The number of thiol groups is 1. The SMILES string of the molecule is C#[SH]=CC1CN(C)C1. The summed E-state index contributed by atoms with van der Waals surface area (Å²) in [7, 11) is 3.06. The fraction of sp³-hybridized carbons (Fsp3) is 0.667. The zero-order valence-electron chi connectivity index (χ0n) is 5.04. The molecule has 1 fully saturated rings. The van der Waals surface area contributed by atoms with Crippen LogP contribution in [0.25, 0.3) is 0 Å². The number of likely N-dealkylation sites (tertiary alicyclic amines) is 1. The molecule has 8 heavy (non-hydrogen) atoms. The van der Waals surface area contributed by atoms with Gasteiger partial charge in [0.2, 0.25) is 0 Å². The standard InChI is InChI=1S/C6H11NS/c1-7-3-6(4-7)5-8-2/h2,5-6,8H,3-4H2,1H3. The Morgan fingerprint density at radius 3 is 2.75 bits per heavy atom. The lowest BCUT2D eigenvalue weighted by molar-refractivity contribution is 0.188. The van der Waals surface area contributed by atoms with Gasteiger partial charge in [-0.2, -0.15) is 0 Å². The van der Waals surface area contributed by atoms with E-state index in [0.29, 0.717) is 0 Å². The van der Waals surface area contributed by atoms with Crippen LogP contribution < -0.4 is 0 Å². The molecule has 1 aliphatic rings. The lowest BCUT2D eigenvalue weighted by Gasteiger charge is -2.33. The molecular weight excluding hydrogens is 118 g/mol. The smallest absolute Gasteiger partial charge is 0.0111 e.